The maximum atomic E-state index is 11.1. The fourth-order valence-electron chi connectivity index (χ4n) is 0.788. The van der Waals surface area contributed by atoms with Gasteiger partial charge in [0.25, 0.3) is 5.91 Å². The molecule has 0 rings (SSSR count). The Labute approximate surface area is 67.2 Å². The number of carbonyl (C=O) groups is 1. The van der Waals surface area contributed by atoms with Gasteiger partial charge in [-0.1, -0.05) is 19.9 Å². The molecule has 0 aliphatic heterocycles. The highest BCUT2D eigenvalue weighted by molar-refractivity contribution is 5.93. The van der Waals surface area contributed by atoms with E-state index in [1.54, 1.807) is 0 Å². The number of hydrazone groups is 1. The molecule has 0 aromatic heterocycles. The van der Waals surface area contributed by atoms with E-state index in [-0.39, 0.29) is 5.91 Å². The van der Waals surface area contributed by atoms with Crippen LogP contribution in [0, 0.1) is 0 Å². The quantitative estimate of drug-likeness (QED) is 0.372. The summed E-state index contributed by atoms with van der Waals surface area (Å²) < 4.78 is 0. The highest BCUT2D eigenvalue weighted by Gasteiger charge is 2.03. The smallest absolute Gasteiger partial charge is 0.266 e. The molecular weight excluding hydrogens is 140 g/mol. The molecule has 0 spiro atoms. The van der Waals surface area contributed by atoms with Crippen molar-refractivity contribution in [1.29, 1.82) is 0 Å². The molecule has 1 N–H and O–H groups in total. The van der Waals surface area contributed by atoms with Crippen LogP contribution in [0.2, 0.25) is 0 Å². The lowest BCUT2D eigenvalue weighted by Crippen LogP contribution is -2.18. The van der Waals surface area contributed by atoms with Crippen LogP contribution in [-0.4, -0.2) is 12.6 Å². The number of hydrogen-bond donors (Lipinski definition) is 1. The molecule has 1 amide bonds. The summed E-state index contributed by atoms with van der Waals surface area (Å²) in [6.07, 6.45) is 3.49. The Kier molecular flexibility index (Phi) is 5.07. The molecule has 11 heavy (non-hydrogen) atoms. The molecule has 0 aromatic carbocycles. The van der Waals surface area contributed by atoms with Crippen molar-refractivity contribution in [1.82, 2.24) is 5.43 Å². The summed E-state index contributed by atoms with van der Waals surface area (Å²) in [5.74, 6) is -0.149. The first-order valence-corrected chi connectivity index (χ1v) is 3.71. The van der Waals surface area contributed by atoms with Gasteiger partial charge in [-0.05, 0) is 12.8 Å². The van der Waals surface area contributed by atoms with Gasteiger partial charge in [0.2, 0.25) is 0 Å². The number of rotatable bonds is 4. The van der Waals surface area contributed by atoms with Crippen molar-refractivity contribution < 1.29 is 4.79 Å². The third kappa shape index (κ3) is 3.55. The van der Waals surface area contributed by atoms with Crippen LogP contribution in [0.1, 0.15) is 26.7 Å². The zero-order valence-electron chi connectivity index (χ0n) is 7.05. The Bertz CT molecular complexity index is 173. The maximum absolute atomic E-state index is 11.1. The summed E-state index contributed by atoms with van der Waals surface area (Å²) in [6.45, 7) is 7.09. The van der Waals surface area contributed by atoms with E-state index in [4.69, 9.17) is 0 Å². The maximum Gasteiger partial charge on any atom is 0.266 e. The largest absolute Gasteiger partial charge is 0.268 e. The second-order valence-electron chi connectivity index (χ2n) is 2.09. The van der Waals surface area contributed by atoms with Crippen LogP contribution in [0.5, 0.6) is 0 Å². The molecule has 3 nitrogen and oxygen atoms in total. The van der Waals surface area contributed by atoms with E-state index in [9.17, 15) is 4.79 Å². The van der Waals surface area contributed by atoms with Crippen LogP contribution in [0.4, 0.5) is 0 Å². The summed E-state index contributed by atoms with van der Waals surface area (Å²) >= 11 is 0. The van der Waals surface area contributed by atoms with Crippen LogP contribution in [-0.2, 0) is 4.79 Å². The first-order chi connectivity index (χ1) is 5.26. The fraction of sp³-hybridized carbons (Fsp3) is 0.500. The molecule has 0 bridgehead atoms. The van der Waals surface area contributed by atoms with E-state index in [2.05, 4.69) is 17.2 Å². The van der Waals surface area contributed by atoms with Crippen molar-refractivity contribution in [2.75, 3.05) is 0 Å². The van der Waals surface area contributed by atoms with Gasteiger partial charge >= 0.3 is 0 Å². The Hall–Kier alpha value is -1.12. The lowest BCUT2D eigenvalue weighted by molar-refractivity contribution is -0.117. The minimum atomic E-state index is -0.149. The number of nitrogens with one attached hydrogen (secondary N) is 1. The van der Waals surface area contributed by atoms with Gasteiger partial charge in [-0.2, -0.15) is 5.10 Å². The summed E-state index contributed by atoms with van der Waals surface area (Å²) in [6, 6.07) is 0. The van der Waals surface area contributed by atoms with Crippen molar-refractivity contribution in [2.24, 2.45) is 5.10 Å². The number of allylic oxidation sites excluding steroid dienone is 1. The molecule has 0 saturated carbocycles. The van der Waals surface area contributed by atoms with Crippen molar-refractivity contribution in [3.05, 3.63) is 11.6 Å². The molecule has 0 unspecified atom stereocenters. The van der Waals surface area contributed by atoms with Gasteiger partial charge in [-0.15, -0.1) is 0 Å². The van der Waals surface area contributed by atoms with Gasteiger partial charge in [0.05, 0.1) is 0 Å². The minimum Gasteiger partial charge on any atom is -0.268 e. The van der Waals surface area contributed by atoms with Gasteiger partial charge in [0.15, 0.2) is 0 Å². The third-order valence-corrected chi connectivity index (χ3v) is 1.30. The van der Waals surface area contributed by atoms with Crippen LogP contribution in [0.25, 0.3) is 0 Å². The Morgan fingerprint density at radius 1 is 1.64 bits per heavy atom. The molecule has 0 fully saturated rings. The van der Waals surface area contributed by atoms with E-state index in [0.717, 1.165) is 18.4 Å². The van der Waals surface area contributed by atoms with E-state index in [1.807, 2.05) is 19.9 Å². The molecule has 0 aliphatic rings. The van der Waals surface area contributed by atoms with Crippen molar-refractivity contribution >= 4 is 12.6 Å². The Morgan fingerprint density at radius 3 is 2.64 bits per heavy atom. The molecule has 0 aromatic rings. The number of nitrogens with zero attached hydrogens (tertiary/aromatic N) is 1. The summed E-state index contributed by atoms with van der Waals surface area (Å²) in [4.78, 5) is 11.1. The summed E-state index contributed by atoms with van der Waals surface area (Å²) in [5.41, 5.74) is 3.05. The first-order valence-electron chi connectivity index (χ1n) is 3.71. The van der Waals surface area contributed by atoms with Gasteiger partial charge < -0.3 is 0 Å². The SMILES string of the molecule is C=NNC(=O)/C(=C/CC)CC. The molecule has 0 aliphatic carbocycles. The first kappa shape index (κ1) is 9.88. The van der Waals surface area contributed by atoms with Crippen molar-refractivity contribution in [3.8, 4) is 0 Å². The van der Waals surface area contributed by atoms with Crippen molar-refractivity contribution in [3.63, 3.8) is 0 Å². The van der Waals surface area contributed by atoms with E-state index in [1.165, 1.54) is 0 Å². The Morgan fingerprint density at radius 2 is 2.27 bits per heavy atom. The summed E-state index contributed by atoms with van der Waals surface area (Å²) in [7, 11) is 0. The van der Waals surface area contributed by atoms with Crippen LogP contribution >= 0.6 is 0 Å². The molecule has 3 heteroatoms. The molecule has 62 valence electrons. The predicted octanol–water partition coefficient (Wildman–Crippen LogP) is 1.46. The van der Waals surface area contributed by atoms with Gasteiger partial charge in [0, 0.05) is 12.3 Å². The second kappa shape index (κ2) is 5.65. The highest BCUT2D eigenvalue weighted by Crippen LogP contribution is 2.01. The highest BCUT2D eigenvalue weighted by atomic mass is 16.2. The lowest BCUT2D eigenvalue weighted by Gasteiger charge is -2.00. The number of hydrogen-bond acceptors (Lipinski definition) is 2. The van der Waals surface area contributed by atoms with E-state index >= 15 is 0 Å². The number of amides is 1. The normalized spacial score (nSPS) is 10.9. The topological polar surface area (TPSA) is 41.5 Å². The summed E-state index contributed by atoms with van der Waals surface area (Å²) in [5, 5.41) is 3.30. The van der Waals surface area contributed by atoms with Crippen molar-refractivity contribution in [2.45, 2.75) is 26.7 Å². The lowest BCUT2D eigenvalue weighted by atomic mass is 10.1. The monoisotopic (exact) mass is 154 g/mol. The zero-order valence-corrected chi connectivity index (χ0v) is 7.05. The van der Waals surface area contributed by atoms with Crippen LogP contribution in [0.3, 0.4) is 0 Å². The third-order valence-electron chi connectivity index (χ3n) is 1.30. The molecule has 0 heterocycles. The zero-order chi connectivity index (χ0) is 8.69. The average molecular weight is 154 g/mol. The molecule has 0 atom stereocenters. The van der Waals surface area contributed by atoms with Gasteiger partial charge in [-0.25, -0.2) is 5.43 Å². The standard InChI is InChI=1S/C8H14N2O/c1-4-6-7(5-2)8(11)10-9-3/h6H,3-5H2,1-2H3,(H,10,11)/b7-6+. The van der Waals surface area contributed by atoms with Gasteiger partial charge in [0.1, 0.15) is 0 Å². The second-order valence-corrected chi connectivity index (χ2v) is 2.09. The van der Waals surface area contributed by atoms with Crippen LogP contribution < -0.4 is 5.43 Å². The Balaban J connectivity index is 4.13. The fourth-order valence-corrected chi connectivity index (χ4v) is 0.788. The molecule has 0 radical (unpaired) electrons. The van der Waals surface area contributed by atoms with Crippen LogP contribution in [0.15, 0.2) is 16.8 Å². The minimum absolute atomic E-state index is 0.149. The molecular formula is C8H14N2O. The number of carbonyl (C=O) groups excluding carboxylic acids is 1. The van der Waals surface area contributed by atoms with Gasteiger partial charge in [-0.3, -0.25) is 4.79 Å². The van der Waals surface area contributed by atoms with E-state index in [0.29, 0.717) is 0 Å². The predicted molar refractivity (Wildman–Crippen MR) is 46.4 cm³/mol. The molecule has 0 saturated heterocycles. The average Bonchev–Trinajstić information content (AvgIpc) is 2.00. The van der Waals surface area contributed by atoms with E-state index < -0.39 is 0 Å².